The molecule has 0 bridgehead atoms. The Bertz CT molecular complexity index is 720. The lowest BCUT2D eigenvalue weighted by molar-refractivity contribution is 0.101. The van der Waals surface area contributed by atoms with Crippen molar-refractivity contribution >= 4 is 5.78 Å². The van der Waals surface area contributed by atoms with Gasteiger partial charge in [0.05, 0.1) is 17.2 Å². The van der Waals surface area contributed by atoms with E-state index in [1.165, 1.54) is 25.1 Å². The largest absolute Gasteiger partial charge is 0.454 e. The lowest BCUT2D eigenvalue weighted by atomic mass is 10.1. The van der Waals surface area contributed by atoms with Gasteiger partial charge in [-0.2, -0.15) is 5.26 Å². The minimum Gasteiger partial charge on any atom is -0.454 e. The number of ketones is 1. The number of ether oxygens (including phenoxy) is 1. The third kappa shape index (κ3) is 2.81. The molecule has 0 N–H and O–H groups in total. The van der Waals surface area contributed by atoms with Crippen molar-refractivity contribution in [2.24, 2.45) is 0 Å². The van der Waals surface area contributed by atoms with Crippen LogP contribution >= 0.6 is 0 Å². The molecule has 0 heterocycles. The van der Waals surface area contributed by atoms with E-state index >= 15 is 0 Å². The highest BCUT2D eigenvalue weighted by Gasteiger charge is 2.13. The van der Waals surface area contributed by atoms with Gasteiger partial charge in [0, 0.05) is 0 Å². The number of hydrogen-bond donors (Lipinski definition) is 0. The molecular weight excluding hydrogens is 264 g/mol. The Labute approximate surface area is 114 Å². The van der Waals surface area contributed by atoms with Gasteiger partial charge >= 0.3 is 0 Å². The van der Waals surface area contributed by atoms with Crippen LogP contribution < -0.4 is 4.74 Å². The third-order valence-electron chi connectivity index (χ3n) is 2.60. The Morgan fingerprint density at radius 2 is 1.85 bits per heavy atom. The van der Waals surface area contributed by atoms with Crippen LogP contribution in [0.15, 0.2) is 36.4 Å². The van der Waals surface area contributed by atoms with Crippen LogP contribution in [0, 0.1) is 23.0 Å². The summed E-state index contributed by atoms with van der Waals surface area (Å²) in [5.74, 6) is -1.79. The Morgan fingerprint density at radius 1 is 1.15 bits per heavy atom. The van der Waals surface area contributed by atoms with E-state index in [4.69, 9.17) is 10.00 Å². The molecule has 0 aliphatic heterocycles. The van der Waals surface area contributed by atoms with Crippen molar-refractivity contribution in [3.63, 3.8) is 0 Å². The highest BCUT2D eigenvalue weighted by Crippen LogP contribution is 2.28. The van der Waals surface area contributed by atoms with Crippen molar-refractivity contribution in [2.45, 2.75) is 6.92 Å². The monoisotopic (exact) mass is 273 g/mol. The third-order valence-corrected chi connectivity index (χ3v) is 2.60. The summed E-state index contributed by atoms with van der Waals surface area (Å²) in [5, 5.41) is 8.65. The van der Waals surface area contributed by atoms with Crippen molar-refractivity contribution < 1.29 is 18.3 Å². The zero-order valence-electron chi connectivity index (χ0n) is 10.5. The molecule has 20 heavy (non-hydrogen) atoms. The zero-order valence-corrected chi connectivity index (χ0v) is 10.5. The van der Waals surface area contributed by atoms with Crippen molar-refractivity contribution in [1.29, 1.82) is 5.26 Å². The highest BCUT2D eigenvalue weighted by molar-refractivity contribution is 5.96. The van der Waals surface area contributed by atoms with Gasteiger partial charge in [-0.05, 0) is 43.3 Å². The molecule has 0 saturated heterocycles. The standard InChI is InChI=1S/C15H9F2NO2/c1-9(19)12-7-11(16)3-5-14(12)20-15-4-2-10(8-18)6-13(15)17/h2-7H,1H3. The van der Waals surface area contributed by atoms with Crippen LogP contribution in [0.3, 0.4) is 0 Å². The summed E-state index contributed by atoms with van der Waals surface area (Å²) in [6.07, 6.45) is 0. The van der Waals surface area contributed by atoms with E-state index in [1.807, 2.05) is 0 Å². The van der Waals surface area contributed by atoms with E-state index in [2.05, 4.69) is 0 Å². The van der Waals surface area contributed by atoms with Crippen molar-refractivity contribution in [2.75, 3.05) is 0 Å². The molecule has 0 fully saturated rings. The molecule has 5 heteroatoms. The first-order chi connectivity index (χ1) is 9.51. The van der Waals surface area contributed by atoms with E-state index in [0.29, 0.717) is 0 Å². The zero-order chi connectivity index (χ0) is 14.7. The number of carbonyl (C=O) groups excluding carboxylic acids is 1. The number of nitriles is 1. The van der Waals surface area contributed by atoms with Gasteiger partial charge in [-0.15, -0.1) is 0 Å². The first kappa shape index (κ1) is 13.7. The molecular formula is C15H9F2NO2. The van der Waals surface area contributed by atoms with Crippen LogP contribution in [0.2, 0.25) is 0 Å². The second-order valence-corrected chi connectivity index (χ2v) is 4.06. The fourth-order valence-electron chi connectivity index (χ4n) is 1.64. The number of nitrogens with zero attached hydrogens (tertiary/aromatic N) is 1. The molecule has 0 aliphatic rings. The first-order valence-electron chi connectivity index (χ1n) is 5.69. The maximum Gasteiger partial charge on any atom is 0.167 e. The number of halogens is 2. The Hall–Kier alpha value is -2.74. The molecule has 2 aromatic carbocycles. The highest BCUT2D eigenvalue weighted by atomic mass is 19.1. The van der Waals surface area contributed by atoms with Crippen LogP contribution in [-0.2, 0) is 0 Å². The summed E-state index contributed by atoms with van der Waals surface area (Å²) >= 11 is 0. The number of carbonyl (C=O) groups is 1. The van der Waals surface area contributed by atoms with Crippen LogP contribution in [0.25, 0.3) is 0 Å². The SMILES string of the molecule is CC(=O)c1cc(F)ccc1Oc1ccc(C#N)cc1F. The Kier molecular flexibility index (Phi) is 3.76. The number of benzene rings is 2. The molecule has 0 amide bonds. The van der Waals surface area contributed by atoms with E-state index < -0.39 is 17.4 Å². The minimum absolute atomic E-state index is 0.0220. The molecule has 0 unspecified atom stereocenters. The predicted molar refractivity (Wildman–Crippen MR) is 67.6 cm³/mol. The average molecular weight is 273 g/mol. The summed E-state index contributed by atoms with van der Waals surface area (Å²) in [6.45, 7) is 1.26. The summed E-state index contributed by atoms with van der Waals surface area (Å²) < 4.78 is 32.1. The normalized spacial score (nSPS) is 9.90. The van der Waals surface area contributed by atoms with E-state index in [9.17, 15) is 13.6 Å². The maximum atomic E-state index is 13.7. The number of rotatable bonds is 3. The fraction of sp³-hybridized carbons (Fsp3) is 0.0667. The quantitative estimate of drug-likeness (QED) is 0.798. The lowest BCUT2D eigenvalue weighted by Crippen LogP contribution is -1.99. The smallest absolute Gasteiger partial charge is 0.167 e. The molecule has 0 spiro atoms. The van der Waals surface area contributed by atoms with E-state index in [-0.39, 0.29) is 22.6 Å². The fourth-order valence-corrected chi connectivity index (χ4v) is 1.64. The van der Waals surface area contributed by atoms with Gasteiger partial charge < -0.3 is 4.74 Å². The topological polar surface area (TPSA) is 50.1 Å². The van der Waals surface area contributed by atoms with Crippen LogP contribution in [0.5, 0.6) is 11.5 Å². The number of Topliss-reactive ketones (excluding diaryl/α,β-unsaturated/α-hetero) is 1. The van der Waals surface area contributed by atoms with Gasteiger partial charge in [0.1, 0.15) is 11.6 Å². The van der Waals surface area contributed by atoms with Gasteiger partial charge in [0.2, 0.25) is 0 Å². The molecule has 0 radical (unpaired) electrons. The summed E-state index contributed by atoms with van der Waals surface area (Å²) in [5.41, 5.74) is 0.175. The van der Waals surface area contributed by atoms with Gasteiger partial charge in [0.15, 0.2) is 17.3 Å². The molecule has 0 saturated carbocycles. The lowest BCUT2D eigenvalue weighted by Gasteiger charge is -2.10. The van der Waals surface area contributed by atoms with Crippen molar-refractivity contribution in [1.82, 2.24) is 0 Å². The van der Waals surface area contributed by atoms with Gasteiger partial charge in [-0.3, -0.25) is 4.79 Å². The molecule has 0 atom stereocenters. The van der Waals surface area contributed by atoms with E-state index in [1.54, 1.807) is 6.07 Å². The average Bonchev–Trinajstić information content (AvgIpc) is 2.42. The summed E-state index contributed by atoms with van der Waals surface area (Å²) in [7, 11) is 0. The van der Waals surface area contributed by atoms with Gasteiger partial charge in [0.25, 0.3) is 0 Å². The molecule has 0 aliphatic carbocycles. The van der Waals surface area contributed by atoms with E-state index in [0.717, 1.165) is 18.2 Å². The molecule has 2 aromatic rings. The summed E-state index contributed by atoms with van der Waals surface area (Å²) in [4.78, 5) is 11.4. The van der Waals surface area contributed by atoms with Crippen LogP contribution in [0.4, 0.5) is 8.78 Å². The summed E-state index contributed by atoms with van der Waals surface area (Å²) in [6, 6.07) is 8.88. The van der Waals surface area contributed by atoms with Gasteiger partial charge in [-0.25, -0.2) is 8.78 Å². The Morgan fingerprint density at radius 3 is 2.45 bits per heavy atom. The maximum absolute atomic E-state index is 13.7. The molecule has 100 valence electrons. The minimum atomic E-state index is -0.733. The molecule has 2 rings (SSSR count). The molecule has 0 aromatic heterocycles. The second-order valence-electron chi connectivity index (χ2n) is 4.06. The first-order valence-corrected chi connectivity index (χ1v) is 5.69. The predicted octanol–water partition coefficient (Wildman–Crippen LogP) is 3.83. The second kappa shape index (κ2) is 5.49. The van der Waals surface area contributed by atoms with Crippen molar-refractivity contribution in [3.05, 3.63) is 59.2 Å². The van der Waals surface area contributed by atoms with Crippen LogP contribution in [0.1, 0.15) is 22.8 Å². The molecule has 3 nitrogen and oxygen atoms in total. The van der Waals surface area contributed by atoms with Crippen LogP contribution in [-0.4, -0.2) is 5.78 Å². The van der Waals surface area contributed by atoms with Gasteiger partial charge in [-0.1, -0.05) is 0 Å². The Balaban J connectivity index is 2.40. The van der Waals surface area contributed by atoms with Crippen molar-refractivity contribution in [3.8, 4) is 17.6 Å². The number of hydrogen-bond acceptors (Lipinski definition) is 3.